The highest BCUT2D eigenvalue weighted by Gasteiger charge is 2.26. The first-order chi connectivity index (χ1) is 11.6. The Kier molecular flexibility index (Phi) is 3.54. The molecule has 2 amide bonds. The summed E-state index contributed by atoms with van der Waals surface area (Å²) in [4.78, 5) is 14.6. The fraction of sp³-hybridized carbons (Fsp3) is 0.105. The molecule has 0 aliphatic carbocycles. The van der Waals surface area contributed by atoms with Crippen LogP contribution >= 0.6 is 11.6 Å². The average Bonchev–Trinajstić information content (AvgIpc) is 3.06. The van der Waals surface area contributed by atoms with Gasteiger partial charge in [0.15, 0.2) is 0 Å². The number of anilines is 2. The number of hydrogen-bond acceptors (Lipinski definition) is 1. The second-order valence-electron chi connectivity index (χ2n) is 5.83. The molecule has 24 heavy (non-hydrogen) atoms. The molecule has 0 fully saturated rings. The number of aryl methyl sites for hydroxylation is 1. The summed E-state index contributed by atoms with van der Waals surface area (Å²) >= 11 is 6.05. The van der Waals surface area contributed by atoms with Crippen LogP contribution in [0.1, 0.15) is 11.3 Å². The van der Waals surface area contributed by atoms with Gasteiger partial charge in [-0.05, 0) is 48.9 Å². The van der Waals surface area contributed by atoms with Gasteiger partial charge in [0.05, 0.1) is 17.9 Å². The van der Waals surface area contributed by atoms with E-state index in [1.165, 1.54) is 0 Å². The van der Waals surface area contributed by atoms with E-state index in [-0.39, 0.29) is 6.03 Å². The van der Waals surface area contributed by atoms with E-state index in [9.17, 15) is 4.79 Å². The number of nitrogens with one attached hydrogen (secondary N) is 1. The molecule has 4 rings (SSSR count). The molecule has 2 heterocycles. The molecule has 1 aliphatic rings. The number of benzene rings is 2. The summed E-state index contributed by atoms with van der Waals surface area (Å²) in [5.41, 5.74) is 4.67. The second kappa shape index (κ2) is 5.73. The molecular weight excluding hydrogens is 322 g/mol. The van der Waals surface area contributed by atoms with Crippen LogP contribution in [0.4, 0.5) is 16.2 Å². The predicted octanol–water partition coefficient (Wildman–Crippen LogP) is 4.99. The van der Waals surface area contributed by atoms with E-state index in [4.69, 9.17) is 11.6 Å². The Morgan fingerprint density at radius 3 is 2.71 bits per heavy atom. The van der Waals surface area contributed by atoms with Gasteiger partial charge in [0.2, 0.25) is 0 Å². The van der Waals surface area contributed by atoms with Gasteiger partial charge in [0.25, 0.3) is 0 Å². The Morgan fingerprint density at radius 2 is 1.88 bits per heavy atom. The summed E-state index contributed by atoms with van der Waals surface area (Å²) in [6.07, 6.45) is 2.02. The summed E-state index contributed by atoms with van der Waals surface area (Å²) in [6, 6.07) is 17.2. The Balaban J connectivity index is 1.70. The van der Waals surface area contributed by atoms with Gasteiger partial charge in [-0.2, -0.15) is 0 Å². The fourth-order valence-electron chi connectivity index (χ4n) is 3.02. The quantitative estimate of drug-likeness (QED) is 0.667. The normalized spacial score (nSPS) is 12.5. The van der Waals surface area contributed by atoms with Gasteiger partial charge in [-0.15, -0.1) is 0 Å². The van der Waals surface area contributed by atoms with E-state index in [1.54, 1.807) is 11.0 Å². The number of para-hydroxylation sites is 2. The number of rotatable bonds is 1. The van der Waals surface area contributed by atoms with Crippen LogP contribution in [0.15, 0.2) is 60.8 Å². The highest BCUT2D eigenvalue weighted by Crippen LogP contribution is 2.32. The number of urea groups is 1. The van der Waals surface area contributed by atoms with E-state index in [0.717, 1.165) is 28.3 Å². The third kappa shape index (κ3) is 2.45. The lowest BCUT2D eigenvalue weighted by Gasteiger charge is -2.31. The molecule has 3 aromatic rings. The molecule has 0 unspecified atom stereocenters. The van der Waals surface area contributed by atoms with Gasteiger partial charge >= 0.3 is 6.03 Å². The molecule has 1 aliphatic heterocycles. The average molecular weight is 338 g/mol. The Morgan fingerprint density at radius 1 is 1.08 bits per heavy atom. The zero-order valence-electron chi connectivity index (χ0n) is 13.2. The highest BCUT2D eigenvalue weighted by atomic mass is 35.5. The van der Waals surface area contributed by atoms with Crippen molar-refractivity contribution in [2.45, 2.75) is 13.5 Å². The van der Waals surface area contributed by atoms with Crippen LogP contribution in [0, 0.1) is 6.92 Å². The van der Waals surface area contributed by atoms with Gasteiger partial charge in [-0.1, -0.05) is 29.8 Å². The first-order valence-electron chi connectivity index (χ1n) is 7.74. The molecule has 1 N–H and O–H groups in total. The van der Waals surface area contributed by atoms with Crippen molar-refractivity contribution in [3.05, 3.63) is 77.1 Å². The minimum atomic E-state index is -0.166. The maximum atomic E-state index is 12.9. The van der Waals surface area contributed by atoms with E-state index >= 15 is 0 Å². The molecule has 2 aromatic carbocycles. The first kappa shape index (κ1) is 14.8. The molecule has 0 radical (unpaired) electrons. The van der Waals surface area contributed by atoms with E-state index in [1.807, 2.05) is 61.7 Å². The maximum Gasteiger partial charge on any atom is 0.326 e. The maximum absolute atomic E-state index is 12.9. The van der Waals surface area contributed by atoms with Crippen molar-refractivity contribution in [3.8, 4) is 5.69 Å². The number of amides is 2. The van der Waals surface area contributed by atoms with Crippen molar-refractivity contribution < 1.29 is 4.79 Å². The van der Waals surface area contributed by atoms with Crippen LogP contribution in [0.2, 0.25) is 5.02 Å². The zero-order chi connectivity index (χ0) is 16.7. The van der Waals surface area contributed by atoms with Crippen LogP contribution in [0.3, 0.4) is 0 Å². The smallest absolute Gasteiger partial charge is 0.317 e. The van der Waals surface area contributed by atoms with Crippen molar-refractivity contribution in [2.24, 2.45) is 0 Å². The molecule has 0 bridgehead atoms. The number of aromatic nitrogens is 1. The van der Waals surface area contributed by atoms with E-state index in [2.05, 4.69) is 9.88 Å². The lowest BCUT2D eigenvalue weighted by molar-refractivity contribution is 0.256. The van der Waals surface area contributed by atoms with Gasteiger partial charge < -0.3 is 9.88 Å². The van der Waals surface area contributed by atoms with Crippen LogP contribution in [-0.4, -0.2) is 10.6 Å². The zero-order valence-corrected chi connectivity index (χ0v) is 13.9. The number of carbonyl (C=O) groups is 1. The van der Waals surface area contributed by atoms with E-state index in [0.29, 0.717) is 11.6 Å². The molecule has 0 atom stereocenters. The second-order valence-corrected chi connectivity index (χ2v) is 6.27. The number of fused-ring (bicyclic) bond motifs is 3. The molecule has 4 nitrogen and oxygen atoms in total. The monoisotopic (exact) mass is 337 g/mol. The minimum absolute atomic E-state index is 0.166. The Bertz CT molecular complexity index is 932. The van der Waals surface area contributed by atoms with Crippen LogP contribution < -0.4 is 10.2 Å². The summed E-state index contributed by atoms with van der Waals surface area (Å²) in [5, 5.41) is 3.58. The van der Waals surface area contributed by atoms with Crippen molar-refractivity contribution in [3.63, 3.8) is 0 Å². The Labute approximate surface area is 145 Å². The van der Waals surface area contributed by atoms with Crippen molar-refractivity contribution in [1.29, 1.82) is 0 Å². The highest BCUT2D eigenvalue weighted by molar-refractivity contribution is 6.31. The number of nitrogens with zero attached hydrogens (tertiary/aromatic N) is 2. The molecule has 0 spiro atoms. The summed E-state index contributed by atoms with van der Waals surface area (Å²) in [7, 11) is 0. The summed E-state index contributed by atoms with van der Waals surface area (Å²) < 4.78 is 2.11. The fourth-order valence-corrected chi connectivity index (χ4v) is 3.19. The van der Waals surface area contributed by atoms with E-state index < -0.39 is 0 Å². The standard InChI is InChI=1S/C19H16ClN3O/c1-13-8-9-14(20)11-16(13)21-19(24)23-12-15-5-4-10-22(15)17-6-2-3-7-18(17)23/h2-11H,12H2,1H3,(H,21,24). The van der Waals surface area contributed by atoms with Crippen molar-refractivity contribution >= 4 is 29.0 Å². The topological polar surface area (TPSA) is 37.3 Å². The summed E-state index contributed by atoms with van der Waals surface area (Å²) in [6.45, 7) is 2.47. The van der Waals surface area contributed by atoms with Crippen LogP contribution in [0.5, 0.6) is 0 Å². The molecule has 0 saturated carbocycles. The first-order valence-corrected chi connectivity index (χ1v) is 8.11. The molecule has 1 aromatic heterocycles. The Hall–Kier alpha value is -2.72. The minimum Gasteiger partial charge on any atom is -0.317 e. The largest absolute Gasteiger partial charge is 0.326 e. The summed E-state index contributed by atoms with van der Waals surface area (Å²) in [5.74, 6) is 0. The third-order valence-electron chi connectivity index (χ3n) is 4.27. The van der Waals surface area contributed by atoms with Gasteiger partial charge in [0.1, 0.15) is 0 Å². The van der Waals surface area contributed by atoms with Crippen molar-refractivity contribution in [1.82, 2.24) is 4.57 Å². The number of hydrogen-bond donors (Lipinski definition) is 1. The lowest BCUT2D eigenvalue weighted by atomic mass is 10.1. The predicted molar refractivity (Wildman–Crippen MR) is 97.2 cm³/mol. The number of halogens is 1. The van der Waals surface area contributed by atoms with Gasteiger partial charge in [-0.25, -0.2) is 4.79 Å². The number of carbonyl (C=O) groups excluding carboxylic acids is 1. The third-order valence-corrected chi connectivity index (χ3v) is 4.51. The molecule has 120 valence electrons. The van der Waals surface area contributed by atoms with Gasteiger partial charge in [0, 0.05) is 22.6 Å². The van der Waals surface area contributed by atoms with Gasteiger partial charge in [-0.3, -0.25) is 4.90 Å². The molecule has 0 saturated heterocycles. The molecular formula is C19H16ClN3O. The SMILES string of the molecule is Cc1ccc(Cl)cc1NC(=O)N1Cc2cccn2-c2ccccc21. The van der Waals surface area contributed by atoms with Crippen molar-refractivity contribution in [2.75, 3.05) is 10.2 Å². The molecule has 5 heteroatoms. The van der Waals surface area contributed by atoms with Crippen LogP contribution in [-0.2, 0) is 6.54 Å². The van der Waals surface area contributed by atoms with Crippen LogP contribution in [0.25, 0.3) is 5.69 Å². The lowest BCUT2D eigenvalue weighted by Crippen LogP contribution is -2.38.